The van der Waals surface area contributed by atoms with Crippen LogP contribution in [0.15, 0.2) is 0 Å². The van der Waals surface area contributed by atoms with Crippen molar-refractivity contribution in [1.82, 2.24) is 4.90 Å². The number of hydrogen-bond acceptors (Lipinski definition) is 1. The predicted molar refractivity (Wildman–Crippen MR) is 204 cm³/mol. The van der Waals surface area contributed by atoms with E-state index in [2.05, 4.69) is 39.5 Å². The molecule has 266 valence electrons. The van der Waals surface area contributed by atoms with Crippen molar-refractivity contribution in [2.75, 3.05) is 19.6 Å². The first-order valence-electron chi connectivity index (χ1n) is 21.3. The van der Waals surface area contributed by atoms with Gasteiger partial charge in [-0.2, -0.15) is 0 Å². The fourth-order valence-corrected chi connectivity index (χ4v) is 6.94. The van der Waals surface area contributed by atoms with Gasteiger partial charge < -0.3 is 4.90 Å². The van der Waals surface area contributed by atoms with Gasteiger partial charge in [0, 0.05) is 0 Å². The van der Waals surface area contributed by atoms with Gasteiger partial charge in [0.25, 0.3) is 0 Å². The molecule has 0 bridgehead atoms. The van der Waals surface area contributed by atoms with E-state index in [-0.39, 0.29) is 0 Å². The van der Waals surface area contributed by atoms with Crippen LogP contribution in [0.25, 0.3) is 0 Å². The Morgan fingerprint density at radius 2 is 0.477 bits per heavy atom. The van der Waals surface area contributed by atoms with Crippen molar-refractivity contribution < 1.29 is 0 Å². The maximum absolute atomic E-state index is 2.86. The highest BCUT2D eigenvalue weighted by molar-refractivity contribution is 4.61. The fourth-order valence-electron chi connectivity index (χ4n) is 6.94. The standard InChI is InChI=1S/C43H89N/c1-6-7-8-9-24-29-34-39-44(40-35-30-25-20-16-12-10-14-18-22-27-32-37-42(2)3)41-36-31-26-21-17-13-11-15-19-23-28-33-38-43(4)5/h42-43H,6-41H2,1-5H3. The van der Waals surface area contributed by atoms with E-state index in [1.54, 1.807) is 0 Å². The minimum absolute atomic E-state index is 0.890. The van der Waals surface area contributed by atoms with E-state index in [1.807, 2.05) is 0 Å². The maximum Gasteiger partial charge on any atom is -0.00187 e. The first kappa shape index (κ1) is 44.0. The van der Waals surface area contributed by atoms with Crippen LogP contribution in [0, 0.1) is 11.8 Å². The highest BCUT2D eigenvalue weighted by atomic mass is 15.1. The van der Waals surface area contributed by atoms with E-state index in [0.29, 0.717) is 0 Å². The molecule has 0 radical (unpaired) electrons. The molecule has 0 fully saturated rings. The van der Waals surface area contributed by atoms with Gasteiger partial charge in [0.2, 0.25) is 0 Å². The van der Waals surface area contributed by atoms with Crippen LogP contribution in [0.5, 0.6) is 0 Å². The van der Waals surface area contributed by atoms with Crippen molar-refractivity contribution >= 4 is 0 Å². The van der Waals surface area contributed by atoms with Crippen molar-refractivity contribution in [2.45, 2.75) is 247 Å². The zero-order valence-electron chi connectivity index (χ0n) is 32.1. The molecule has 0 aliphatic heterocycles. The van der Waals surface area contributed by atoms with Crippen molar-refractivity contribution in [3.63, 3.8) is 0 Å². The van der Waals surface area contributed by atoms with Crippen LogP contribution in [0.2, 0.25) is 0 Å². The summed E-state index contributed by atoms with van der Waals surface area (Å²) < 4.78 is 0. The van der Waals surface area contributed by atoms with Gasteiger partial charge in [-0.25, -0.2) is 0 Å². The molecule has 0 rings (SSSR count). The van der Waals surface area contributed by atoms with Gasteiger partial charge in [0.15, 0.2) is 0 Å². The lowest BCUT2D eigenvalue weighted by molar-refractivity contribution is 0.254. The van der Waals surface area contributed by atoms with E-state index in [4.69, 9.17) is 0 Å². The summed E-state index contributed by atoms with van der Waals surface area (Å²) in [5.41, 5.74) is 0. The molecule has 1 nitrogen and oxygen atoms in total. The third kappa shape index (κ3) is 38.1. The highest BCUT2D eigenvalue weighted by Crippen LogP contribution is 2.16. The molecule has 0 aromatic rings. The summed E-state index contributed by atoms with van der Waals surface area (Å²) in [6.45, 7) is 15.8. The zero-order chi connectivity index (χ0) is 32.2. The lowest BCUT2D eigenvalue weighted by atomic mass is 10.0. The van der Waals surface area contributed by atoms with E-state index in [1.165, 1.54) is 232 Å². The molecule has 0 heterocycles. The molecule has 0 amide bonds. The summed E-state index contributed by atoms with van der Waals surface area (Å²) in [6.07, 6.45) is 48.2. The second-order valence-electron chi connectivity index (χ2n) is 15.8. The molecule has 0 aliphatic carbocycles. The highest BCUT2D eigenvalue weighted by Gasteiger charge is 2.05. The van der Waals surface area contributed by atoms with Crippen molar-refractivity contribution in [3.8, 4) is 0 Å². The van der Waals surface area contributed by atoms with Crippen molar-refractivity contribution in [3.05, 3.63) is 0 Å². The SMILES string of the molecule is CCCCCCCCCN(CCCCCCCCCCCCCCC(C)C)CCCCCCCCCCCCCCC(C)C. The molecule has 0 saturated carbocycles. The molecule has 0 aromatic heterocycles. The fraction of sp³-hybridized carbons (Fsp3) is 1.00. The second kappa shape index (κ2) is 37.4. The van der Waals surface area contributed by atoms with Gasteiger partial charge in [-0.1, -0.05) is 227 Å². The number of nitrogens with zero attached hydrogens (tertiary/aromatic N) is 1. The smallest absolute Gasteiger partial charge is 0.00187 e. The van der Waals surface area contributed by atoms with Crippen LogP contribution in [0.1, 0.15) is 247 Å². The Morgan fingerprint density at radius 1 is 0.273 bits per heavy atom. The Kier molecular flexibility index (Phi) is 37.4. The van der Waals surface area contributed by atoms with Crippen LogP contribution in [-0.4, -0.2) is 24.5 Å². The molecular formula is C43H89N. The average molecular weight is 620 g/mol. The van der Waals surface area contributed by atoms with E-state index < -0.39 is 0 Å². The number of rotatable bonds is 38. The summed E-state index contributed by atoms with van der Waals surface area (Å²) in [5, 5.41) is 0. The third-order valence-corrected chi connectivity index (χ3v) is 10.1. The number of unbranched alkanes of at least 4 members (excludes halogenated alkanes) is 28. The van der Waals surface area contributed by atoms with Gasteiger partial charge in [0.1, 0.15) is 0 Å². The molecule has 0 N–H and O–H groups in total. The Balaban J connectivity index is 3.80. The second-order valence-corrected chi connectivity index (χ2v) is 15.8. The first-order valence-corrected chi connectivity index (χ1v) is 21.3. The third-order valence-electron chi connectivity index (χ3n) is 10.1. The van der Waals surface area contributed by atoms with Crippen molar-refractivity contribution in [2.24, 2.45) is 11.8 Å². The monoisotopic (exact) mass is 620 g/mol. The number of hydrogen-bond donors (Lipinski definition) is 0. The topological polar surface area (TPSA) is 3.24 Å². The van der Waals surface area contributed by atoms with Gasteiger partial charge in [0.05, 0.1) is 0 Å². The van der Waals surface area contributed by atoms with E-state index in [0.717, 1.165) is 11.8 Å². The summed E-state index contributed by atoms with van der Waals surface area (Å²) in [4.78, 5) is 2.86. The van der Waals surface area contributed by atoms with E-state index >= 15 is 0 Å². The Morgan fingerprint density at radius 3 is 0.705 bits per heavy atom. The normalized spacial score (nSPS) is 12.0. The minimum Gasteiger partial charge on any atom is -0.303 e. The van der Waals surface area contributed by atoms with E-state index in [9.17, 15) is 0 Å². The Hall–Kier alpha value is -0.0400. The molecule has 0 unspecified atom stereocenters. The van der Waals surface area contributed by atoms with Crippen LogP contribution in [0.3, 0.4) is 0 Å². The van der Waals surface area contributed by atoms with Gasteiger partial charge in [-0.15, -0.1) is 0 Å². The van der Waals surface area contributed by atoms with Crippen LogP contribution < -0.4 is 0 Å². The molecule has 0 aromatic carbocycles. The van der Waals surface area contributed by atoms with Crippen LogP contribution in [0.4, 0.5) is 0 Å². The first-order chi connectivity index (χ1) is 21.6. The quantitative estimate of drug-likeness (QED) is 0.0621. The minimum atomic E-state index is 0.890. The van der Waals surface area contributed by atoms with Gasteiger partial charge >= 0.3 is 0 Å². The lowest BCUT2D eigenvalue weighted by Crippen LogP contribution is -2.27. The molecule has 0 saturated heterocycles. The average Bonchev–Trinajstić information content (AvgIpc) is 3.00. The molecule has 0 atom stereocenters. The maximum atomic E-state index is 2.86. The summed E-state index contributed by atoms with van der Waals surface area (Å²) in [7, 11) is 0. The molecule has 0 spiro atoms. The molecule has 44 heavy (non-hydrogen) atoms. The van der Waals surface area contributed by atoms with Crippen LogP contribution >= 0.6 is 0 Å². The largest absolute Gasteiger partial charge is 0.303 e. The lowest BCUT2D eigenvalue weighted by Gasteiger charge is -2.22. The summed E-state index contributed by atoms with van der Waals surface area (Å²) in [6, 6.07) is 0. The van der Waals surface area contributed by atoms with Gasteiger partial charge in [-0.3, -0.25) is 0 Å². The summed E-state index contributed by atoms with van der Waals surface area (Å²) >= 11 is 0. The Labute approximate surface area is 282 Å². The molecular weight excluding hydrogens is 530 g/mol. The van der Waals surface area contributed by atoms with Crippen molar-refractivity contribution in [1.29, 1.82) is 0 Å². The molecule has 1 heteroatoms. The molecule has 0 aliphatic rings. The van der Waals surface area contributed by atoms with Gasteiger partial charge in [-0.05, 0) is 50.7 Å². The zero-order valence-corrected chi connectivity index (χ0v) is 32.1. The summed E-state index contributed by atoms with van der Waals surface area (Å²) in [5.74, 6) is 1.78. The predicted octanol–water partition coefficient (Wildman–Crippen LogP) is 15.5. The Bertz CT molecular complexity index is 461. The van der Waals surface area contributed by atoms with Crippen LogP contribution in [-0.2, 0) is 0 Å².